The Kier molecular flexibility index (Phi) is 6.19. The number of nitrogens with zero attached hydrogens (tertiary/aromatic N) is 2. The van der Waals surface area contributed by atoms with Crippen LogP contribution in [0.1, 0.15) is 31.5 Å². The maximum atomic E-state index is 4.53. The molecule has 0 unspecified atom stereocenters. The molecule has 0 fully saturated rings. The van der Waals surface area contributed by atoms with Gasteiger partial charge < -0.3 is 10.6 Å². The third kappa shape index (κ3) is 5.72. The van der Waals surface area contributed by atoms with Crippen LogP contribution in [0.5, 0.6) is 0 Å². The van der Waals surface area contributed by atoms with Crippen molar-refractivity contribution in [2.24, 2.45) is 5.92 Å². The molecule has 2 rings (SSSR count). The summed E-state index contributed by atoms with van der Waals surface area (Å²) in [7, 11) is 0. The zero-order chi connectivity index (χ0) is 15.8. The summed E-state index contributed by atoms with van der Waals surface area (Å²) in [4.78, 5) is 8.97. The van der Waals surface area contributed by atoms with Crippen molar-refractivity contribution < 1.29 is 0 Å². The first-order chi connectivity index (χ1) is 10.6. The molecule has 118 valence electrons. The molecule has 1 aromatic heterocycles. The lowest BCUT2D eigenvalue weighted by atomic mass is 10.1. The number of anilines is 2. The quantitative estimate of drug-likeness (QED) is 0.776. The first-order valence-electron chi connectivity index (χ1n) is 8.01. The Morgan fingerprint density at radius 3 is 2.50 bits per heavy atom. The predicted molar refractivity (Wildman–Crippen MR) is 93.3 cm³/mol. The Balaban J connectivity index is 1.86. The van der Waals surface area contributed by atoms with Gasteiger partial charge in [-0.05, 0) is 31.2 Å². The number of aromatic nitrogens is 2. The third-order valence-electron chi connectivity index (χ3n) is 3.42. The van der Waals surface area contributed by atoms with E-state index in [1.165, 1.54) is 5.56 Å². The molecule has 0 aliphatic heterocycles. The second-order valence-corrected chi connectivity index (χ2v) is 5.99. The van der Waals surface area contributed by atoms with Crippen LogP contribution in [0.15, 0.2) is 36.4 Å². The van der Waals surface area contributed by atoms with Gasteiger partial charge in [-0.3, -0.25) is 0 Å². The first-order valence-corrected chi connectivity index (χ1v) is 8.01. The zero-order valence-corrected chi connectivity index (χ0v) is 13.8. The van der Waals surface area contributed by atoms with Crippen LogP contribution in [-0.2, 0) is 6.42 Å². The van der Waals surface area contributed by atoms with Gasteiger partial charge in [-0.2, -0.15) is 4.98 Å². The first kappa shape index (κ1) is 16.3. The minimum absolute atomic E-state index is 0.693. The summed E-state index contributed by atoms with van der Waals surface area (Å²) in [5.74, 6) is 2.29. The van der Waals surface area contributed by atoms with Gasteiger partial charge in [0, 0.05) is 24.8 Å². The maximum Gasteiger partial charge on any atom is 0.224 e. The highest BCUT2D eigenvalue weighted by atomic mass is 15.1. The van der Waals surface area contributed by atoms with Crippen molar-refractivity contribution in [2.75, 3.05) is 23.7 Å². The van der Waals surface area contributed by atoms with Gasteiger partial charge in [0.2, 0.25) is 5.95 Å². The Morgan fingerprint density at radius 2 is 1.77 bits per heavy atom. The van der Waals surface area contributed by atoms with Crippen LogP contribution in [0.25, 0.3) is 0 Å². The molecule has 0 bridgehead atoms. The summed E-state index contributed by atoms with van der Waals surface area (Å²) in [6.45, 7) is 8.22. The van der Waals surface area contributed by atoms with Gasteiger partial charge in [0.15, 0.2) is 0 Å². The molecule has 1 aromatic carbocycles. The number of hydrogen-bond acceptors (Lipinski definition) is 4. The molecule has 0 radical (unpaired) electrons. The lowest BCUT2D eigenvalue weighted by Gasteiger charge is -2.11. The maximum absolute atomic E-state index is 4.53. The van der Waals surface area contributed by atoms with Crippen molar-refractivity contribution in [2.45, 2.75) is 33.6 Å². The van der Waals surface area contributed by atoms with Crippen molar-refractivity contribution >= 4 is 11.8 Å². The summed E-state index contributed by atoms with van der Waals surface area (Å²) < 4.78 is 0. The lowest BCUT2D eigenvalue weighted by molar-refractivity contribution is 0.606. The fourth-order valence-electron chi connectivity index (χ4n) is 2.19. The fraction of sp³-hybridized carbons (Fsp3) is 0.444. The zero-order valence-electron chi connectivity index (χ0n) is 13.8. The molecule has 0 amide bonds. The Labute approximate surface area is 133 Å². The second-order valence-electron chi connectivity index (χ2n) is 5.99. The molecule has 22 heavy (non-hydrogen) atoms. The minimum Gasteiger partial charge on any atom is -0.370 e. The van der Waals surface area contributed by atoms with E-state index in [9.17, 15) is 0 Å². The highest BCUT2D eigenvalue weighted by Crippen LogP contribution is 2.11. The topological polar surface area (TPSA) is 49.8 Å². The number of hydrogen-bond donors (Lipinski definition) is 2. The number of benzene rings is 1. The molecule has 2 N–H and O–H groups in total. The molecule has 2 aromatic rings. The van der Waals surface area contributed by atoms with Crippen LogP contribution in [0.2, 0.25) is 0 Å². The summed E-state index contributed by atoms with van der Waals surface area (Å²) in [5, 5.41) is 6.69. The molecule has 0 saturated heterocycles. The molecular weight excluding hydrogens is 272 g/mol. The van der Waals surface area contributed by atoms with Crippen molar-refractivity contribution in [3.63, 3.8) is 0 Å². The largest absolute Gasteiger partial charge is 0.370 e. The van der Waals surface area contributed by atoms with Crippen LogP contribution in [-0.4, -0.2) is 23.1 Å². The van der Waals surface area contributed by atoms with Gasteiger partial charge in [-0.25, -0.2) is 4.98 Å². The molecular formula is C18H26N4. The average molecular weight is 298 g/mol. The van der Waals surface area contributed by atoms with Crippen LogP contribution in [0, 0.1) is 12.8 Å². The average Bonchev–Trinajstić information content (AvgIpc) is 2.47. The fourth-order valence-corrected chi connectivity index (χ4v) is 2.19. The molecule has 4 nitrogen and oxygen atoms in total. The summed E-state index contributed by atoms with van der Waals surface area (Å²) >= 11 is 0. The Morgan fingerprint density at radius 1 is 1.00 bits per heavy atom. The monoisotopic (exact) mass is 298 g/mol. The van der Waals surface area contributed by atoms with Crippen LogP contribution < -0.4 is 10.6 Å². The summed E-state index contributed by atoms with van der Waals surface area (Å²) in [5.41, 5.74) is 2.29. The molecule has 0 atom stereocenters. The molecule has 0 saturated carbocycles. The standard InChI is InChI=1S/C18H26N4/c1-14(2)9-11-19-17-13-15(3)21-18(22-17)20-12-10-16-7-5-4-6-8-16/h4-8,13-14H,9-12H2,1-3H3,(H2,19,20,21,22). The Hall–Kier alpha value is -2.10. The van der Waals surface area contributed by atoms with Gasteiger partial charge >= 0.3 is 0 Å². The van der Waals surface area contributed by atoms with Crippen LogP contribution in [0.3, 0.4) is 0 Å². The van der Waals surface area contributed by atoms with Crippen LogP contribution >= 0.6 is 0 Å². The molecule has 0 spiro atoms. The van der Waals surface area contributed by atoms with Gasteiger partial charge in [0.1, 0.15) is 5.82 Å². The molecule has 4 heteroatoms. The summed E-state index contributed by atoms with van der Waals surface area (Å²) in [6, 6.07) is 12.4. The van der Waals surface area contributed by atoms with E-state index in [4.69, 9.17) is 0 Å². The number of rotatable bonds is 8. The van der Waals surface area contributed by atoms with E-state index in [1.54, 1.807) is 0 Å². The number of aryl methyl sites for hydroxylation is 1. The number of nitrogens with one attached hydrogen (secondary N) is 2. The smallest absolute Gasteiger partial charge is 0.224 e. The summed E-state index contributed by atoms with van der Waals surface area (Å²) in [6.07, 6.45) is 2.11. The molecule has 1 heterocycles. The van der Waals surface area contributed by atoms with Crippen molar-refractivity contribution in [1.29, 1.82) is 0 Å². The predicted octanol–water partition coefficient (Wildman–Crippen LogP) is 3.90. The van der Waals surface area contributed by atoms with Gasteiger partial charge in [0.25, 0.3) is 0 Å². The second kappa shape index (κ2) is 8.37. The molecule has 0 aliphatic rings. The van der Waals surface area contributed by atoms with Crippen LogP contribution in [0.4, 0.5) is 11.8 Å². The van der Waals surface area contributed by atoms with Gasteiger partial charge in [-0.15, -0.1) is 0 Å². The highest BCUT2D eigenvalue weighted by Gasteiger charge is 2.02. The third-order valence-corrected chi connectivity index (χ3v) is 3.42. The van der Waals surface area contributed by atoms with E-state index in [-0.39, 0.29) is 0 Å². The lowest BCUT2D eigenvalue weighted by Crippen LogP contribution is -2.11. The highest BCUT2D eigenvalue weighted by molar-refractivity contribution is 5.42. The van der Waals surface area contributed by atoms with E-state index in [0.29, 0.717) is 11.9 Å². The SMILES string of the molecule is Cc1cc(NCCC(C)C)nc(NCCc2ccccc2)n1. The van der Waals surface area contributed by atoms with E-state index in [0.717, 1.165) is 37.4 Å². The molecule has 0 aliphatic carbocycles. The van der Waals surface area contributed by atoms with E-state index >= 15 is 0 Å². The van der Waals surface area contributed by atoms with Crippen molar-refractivity contribution in [3.8, 4) is 0 Å². The van der Waals surface area contributed by atoms with Gasteiger partial charge in [0.05, 0.1) is 0 Å². The van der Waals surface area contributed by atoms with Crippen molar-refractivity contribution in [3.05, 3.63) is 47.7 Å². The van der Waals surface area contributed by atoms with E-state index in [1.807, 2.05) is 19.1 Å². The van der Waals surface area contributed by atoms with Gasteiger partial charge in [-0.1, -0.05) is 44.2 Å². The minimum atomic E-state index is 0.693. The normalized spacial score (nSPS) is 10.7. The van der Waals surface area contributed by atoms with E-state index < -0.39 is 0 Å². The van der Waals surface area contributed by atoms with Crippen molar-refractivity contribution in [1.82, 2.24) is 9.97 Å². The van der Waals surface area contributed by atoms with E-state index in [2.05, 4.69) is 58.7 Å². The Bertz CT molecular complexity index is 567.